The maximum Gasteiger partial charge on any atom is 0.254 e. The minimum absolute atomic E-state index is 0.0379. The number of nitrogens with zero attached hydrogens (tertiary/aromatic N) is 2. The first-order chi connectivity index (χ1) is 12.2. The van der Waals surface area contributed by atoms with E-state index in [4.69, 9.17) is 11.6 Å². The van der Waals surface area contributed by atoms with Gasteiger partial charge in [-0.15, -0.1) is 0 Å². The van der Waals surface area contributed by atoms with Crippen molar-refractivity contribution < 1.29 is 4.79 Å². The summed E-state index contributed by atoms with van der Waals surface area (Å²) in [6, 6.07) is 23.0. The normalized spacial score (nSPS) is 10.4. The predicted molar refractivity (Wildman–Crippen MR) is 101 cm³/mol. The summed E-state index contributed by atoms with van der Waals surface area (Å²) in [6.07, 6.45) is 2.54. The number of halogens is 1. The largest absolute Gasteiger partial charge is 0.332 e. The third-order valence-corrected chi connectivity index (χ3v) is 4.19. The molecule has 0 aliphatic carbocycles. The van der Waals surface area contributed by atoms with Crippen LogP contribution in [0.3, 0.4) is 0 Å². The highest BCUT2D eigenvalue weighted by Crippen LogP contribution is 2.15. The van der Waals surface area contributed by atoms with Crippen LogP contribution in [0.5, 0.6) is 0 Å². The fourth-order valence-corrected chi connectivity index (χ4v) is 2.84. The molecule has 126 valence electrons. The maximum absolute atomic E-state index is 13.0. The minimum atomic E-state index is -0.0379. The molecule has 0 aliphatic rings. The van der Waals surface area contributed by atoms with Gasteiger partial charge in [-0.05, 0) is 42.3 Å². The molecule has 3 aromatic rings. The molecular weight excluding hydrogens is 332 g/mol. The van der Waals surface area contributed by atoms with E-state index in [9.17, 15) is 4.79 Å². The average molecular weight is 351 g/mol. The number of carbonyl (C=O) groups excluding carboxylic acids is 1. The Balaban J connectivity index is 1.79. The fourth-order valence-electron chi connectivity index (χ4n) is 2.65. The fraction of sp³-hybridized carbons (Fsp3) is 0.143. The van der Waals surface area contributed by atoms with Crippen LogP contribution >= 0.6 is 11.6 Å². The summed E-state index contributed by atoms with van der Waals surface area (Å²) in [6.45, 7) is 1.09. The van der Waals surface area contributed by atoms with Crippen molar-refractivity contribution in [3.8, 4) is 0 Å². The number of amides is 1. The number of rotatable bonds is 6. The molecule has 0 aliphatic heterocycles. The Kier molecular flexibility index (Phi) is 5.81. The van der Waals surface area contributed by atoms with Gasteiger partial charge in [0, 0.05) is 23.3 Å². The summed E-state index contributed by atoms with van der Waals surface area (Å²) < 4.78 is 0. The van der Waals surface area contributed by atoms with E-state index in [1.807, 2.05) is 41.3 Å². The number of aromatic nitrogens is 1. The van der Waals surface area contributed by atoms with E-state index < -0.39 is 0 Å². The average Bonchev–Trinajstić information content (AvgIpc) is 2.66. The Morgan fingerprint density at radius 3 is 2.48 bits per heavy atom. The van der Waals surface area contributed by atoms with Crippen LogP contribution in [0.2, 0.25) is 5.02 Å². The number of hydrogen-bond donors (Lipinski definition) is 0. The van der Waals surface area contributed by atoms with Gasteiger partial charge in [0.2, 0.25) is 0 Å². The Morgan fingerprint density at radius 1 is 0.960 bits per heavy atom. The molecule has 0 saturated heterocycles. The van der Waals surface area contributed by atoms with Crippen molar-refractivity contribution in [1.29, 1.82) is 0 Å². The van der Waals surface area contributed by atoms with E-state index >= 15 is 0 Å². The Morgan fingerprint density at radius 2 is 1.76 bits per heavy atom. The van der Waals surface area contributed by atoms with Crippen LogP contribution in [-0.4, -0.2) is 22.3 Å². The van der Waals surface area contributed by atoms with Crippen molar-refractivity contribution in [2.45, 2.75) is 13.0 Å². The van der Waals surface area contributed by atoms with Crippen LogP contribution in [0.1, 0.15) is 21.6 Å². The topological polar surface area (TPSA) is 33.2 Å². The second-order valence-electron chi connectivity index (χ2n) is 5.79. The molecule has 1 amide bonds. The number of carbonyl (C=O) groups is 1. The first kappa shape index (κ1) is 17.2. The molecule has 0 atom stereocenters. The third-order valence-electron chi connectivity index (χ3n) is 3.95. The SMILES string of the molecule is O=C(c1cccc(Cl)c1)N(CCc1ccccc1)Cc1ccccn1. The number of pyridine rings is 1. The molecule has 0 saturated carbocycles. The van der Waals surface area contributed by atoms with Crippen molar-refractivity contribution in [1.82, 2.24) is 9.88 Å². The second-order valence-corrected chi connectivity index (χ2v) is 6.23. The van der Waals surface area contributed by atoms with Gasteiger partial charge in [0.05, 0.1) is 12.2 Å². The quantitative estimate of drug-likeness (QED) is 0.650. The van der Waals surface area contributed by atoms with E-state index in [0.717, 1.165) is 12.1 Å². The maximum atomic E-state index is 13.0. The highest BCUT2D eigenvalue weighted by atomic mass is 35.5. The smallest absolute Gasteiger partial charge is 0.254 e. The Hall–Kier alpha value is -2.65. The lowest BCUT2D eigenvalue weighted by molar-refractivity contribution is 0.0743. The number of benzene rings is 2. The highest BCUT2D eigenvalue weighted by molar-refractivity contribution is 6.30. The first-order valence-electron chi connectivity index (χ1n) is 8.21. The van der Waals surface area contributed by atoms with Crippen molar-refractivity contribution in [2.24, 2.45) is 0 Å². The van der Waals surface area contributed by atoms with Crippen LogP contribution in [-0.2, 0) is 13.0 Å². The standard InChI is InChI=1S/C21H19ClN2O/c22-19-10-6-9-18(15-19)21(25)24(16-20-11-4-5-13-23-20)14-12-17-7-2-1-3-8-17/h1-11,13,15H,12,14,16H2. The summed E-state index contributed by atoms with van der Waals surface area (Å²) >= 11 is 6.04. The zero-order valence-corrected chi connectivity index (χ0v) is 14.6. The lowest BCUT2D eigenvalue weighted by Gasteiger charge is -2.23. The van der Waals surface area contributed by atoms with Gasteiger partial charge in [-0.25, -0.2) is 0 Å². The van der Waals surface area contributed by atoms with Crippen molar-refractivity contribution >= 4 is 17.5 Å². The molecule has 0 unspecified atom stereocenters. The van der Waals surface area contributed by atoms with Crippen molar-refractivity contribution in [3.05, 3.63) is 101 Å². The lowest BCUT2D eigenvalue weighted by atomic mass is 10.1. The molecule has 0 spiro atoms. The van der Waals surface area contributed by atoms with Gasteiger partial charge in [-0.3, -0.25) is 9.78 Å². The molecule has 3 rings (SSSR count). The molecule has 0 bridgehead atoms. The van der Waals surface area contributed by atoms with E-state index in [1.54, 1.807) is 30.5 Å². The van der Waals surface area contributed by atoms with Gasteiger partial charge in [-0.2, -0.15) is 0 Å². The molecule has 2 aromatic carbocycles. The number of hydrogen-bond acceptors (Lipinski definition) is 2. The van der Waals surface area contributed by atoms with Crippen LogP contribution < -0.4 is 0 Å². The van der Waals surface area contributed by atoms with E-state index in [0.29, 0.717) is 23.7 Å². The molecule has 1 aromatic heterocycles. The van der Waals surface area contributed by atoms with Crippen molar-refractivity contribution in [3.63, 3.8) is 0 Å². The molecule has 0 fully saturated rings. The van der Waals surface area contributed by atoms with Crippen LogP contribution in [0, 0.1) is 0 Å². The minimum Gasteiger partial charge on any atom is -0.332 e. The predicted octanol–water partition coefficient (Wildman–Crippen LogP) is 4.62. The Labute approximate surface area is 152 Å². The molecule has 3 nitrogen and oxygen atoms in total. The summed E-state index contributed by atoms with van der Waals surface area (Å²) in [5.74, 6) is -0.0379. The summed E-state index contributed by atoms with van der Waals surface area (Å²) in [4.78, 5) is 19.1. The van der Waals surface area contributed by atoms with Crippen LogP contribution in [0.25, 0.3) is 0 Å². The zero-order chi connectivity index (χ0) is 17.5. The summed E-state index contributed by atoms with van der Waals surface area (Å²) in [5, 5.41) is 0.562. The van der Waals surface area contributed by atoms with Crippen LogP contribution in [0.4, 0.5) is 0 Å². The molecule has 25 heavy (non-hydrogen) atoms. The van der Waals surface area contributed by atoms with Gasteiger partial charge in [0.1, 0.15) is 0 Å². The van der Waals surface area contributed by atoms with Gasteiger partial charge in [0.15, 0.2) is 0 Å². The molecule has 1 heterocycles. The lowest BCUT2D eigenvalue weighted by Crippen LogP contribution is -2.32. The molecule has 4 heteroatoms. The second kappa shape index (κ2) is 8.45. The molecule has 0 N–H and O–H groups in total. The van der Waals surface area contributed by atoms with E-state index in [1.165, 1.54) is 5.56 Å². The summed E-state index contributed by atoms with van der Waals surface area (Å²) in [7, 11) is 0. The highest BCUT2D eigenvalue weighted by Gasteiger charge is 2.17. The van der Waals surface area contributed by atoms with Crippen molar-refractivity contribution in [2.75, 3.05) is 6.54 Å². The van der Waals surface area contributed by atoms with E-state index in [2.05, 4.69) is 17.1 Å². The van der Waals surface area contributed by atoms with E-state index in [-0.39, 0.29) is 5.91 Å². The summed E-state index contributed by atoms with van der Waals surface area (Å²) in [5.41, 5.74) is 2.66. The zero-order valence-electron chi connectivity index (χ0n) is 13.8. The van der Waals surface area contributed by atoms with Gasteiger partial charge >= 0.3 is 0 Å². The third kappa shape index (κ3) is 4.91. The monoisotopic (exact) mass is 350 g/mol. The van der Waals surface area contributed by atoms with Gasteiger partial charge in [0.25, 0.3) is 5.91 Å². The van der Waals surface area contributed by atoms with Gasteiger partial charge in [-0.1, -0.05) is 54.1 Å². The van der Waals surface area contributed by atoms with Crippen LogP contribution in [0.15, 0.2) is 79.0 Å². The molecule has 0 radical (unpaired) electrons. The first-order valence-corrected chi connectivity index (χ1v) is 8.59. The van der Waals surface area contributed by atoms with Gasteiger partial charge < -0.3 is 4.90 Å². The molecular formula is C21H19ClN2O. The Bertz CT molecular complexity index is 822.